The third-order valence-electron chi connectivity index (χ3n) is 1.21. The molecule has 0 aliphatic rings. The molecular weight excluding hydrogens is 204 g/mol. The van der Waals surface area contributed by atoms with Crippen LogP contribution in [0.4, 0.5) is 0 Å². The van der Waals surface area contributed by atoms with Crippen molar-refractivity contribution in [2.24, 2.45) is 0 Å². The summed E-state index contributed by atoms with van der Waals surface area (Å²) in [7, 11) is 0. The lowest BCUT2D eigenvalue weighted by atomic mass is 10.2. The second-order valence-corrected chi connectivity index (χ2v) is 2.74. The second kappa shape index (κ2) is 7.12. The molecule has 0 aromatic heterocycles. The average Bonchev–Trinajstić information content (AvgIpc) is 2.19. The largest absolute Gasteiger partial charge is 0.874 e. The smallest absolute Gasteiger partial charge is 0.151 e. The summed E-state index contributed by atoms with van der Waals surface area (Å²) in [6.45, 7) is 2.42. The lowest BCUT2D eigenvalue weighted by Crippen LogP contribution is -2.04. The van der Waals surface area contributed by atoms with Gasteiger partial charge in [-0.15, -0.1) is 12.3 Å². The topological polar surface area (TPSA) is 60.4 Å². The summed E-state index contributed by atoms with van der Waals surface area (Å²) in [6.07, 6.45) is 0.738. The summed E-state index contributed by atoms with van der Waals surface area (Å²) in [4.78, 5) is 10.1. The Hall–Kier alpha value is -1.32. The quantitative estimate of drug-likeness (QED) is 0.589. The summed E-state index contributed by atoms with van der Waals surface area (Å²) in [6, 6.07) is 6.92. The zero-order valence-electron chi connectivity index (χ0n) is 7.44. The number of rotatable bonds is 2. The minimum absolute atomic E-state index is 0.440. The van der Waals surface area contributed by atoms with Crippen LogP contribution in [0.1, 0.15) is 10.4 Å². The highest BCUT2D eigenvalue weighted by Crippen LogP contribution is 2.11. The second-order valence-electron chi connectivity index (χ2n) is 2.34. The van der Waals surface area contributed by atoms with E-state index in [2.05, 4.69) is 6.58 Å². The number of carbonyl (C=O) groups is 1. The number of hydrogen-bond donors (Lipinski definition) is 1. The molecule has 0 aliphatic heterocycles. The summed E-state index contributed by atoms with van der Waals surface area (Å²) >= 11 is 5.59. The molecule has 0 heterocycles. The molecule has 1 N–H and O–H groups in total. The van der Waals surface area contributed by atoms with Gasteiger partial charge < -0.3 is 10.2 Å². The minimum Gasteiger partial charge on any atom is -0.874 e. The Balaban J connectivity index is 0.000000292. The fraction of sp³-hybridized carbons (Fsp3) is 0.100. The van der Waals surface area contributed by atoms with Crippen molar-refractivity contribution in [1.29, 1.82) is 0 Å². The van der Waals surface area contributed by atoms with Crippen molar-refractivity contribution >= 4 is 17.9 Å². The predicted octanol–water partition coefficient (Wildman–Crippen LogP) is 1.01. The number of carbonyl (C=O) groups excluding carboxylic acids is 1. The fourth-order valence-corrected chi connectivity index (χ4v) is 0.751. The van der Waals surface area contributed by atoms with Crippen molar-refractivity contribution in [1.82, 2.24) is 0 Å². The van der Waals surface area contributed by atoms with Gasteiger partial charge in [0.1, 0.15) is 0 Å². The average molecular weight is 214 g/mol. The maximum absolute atomic E-state index is 10.1. The van der Waals surface area contributed by atoms with Crippen molar-refractivity contribution in [2.45, 2.75) is 0 Å². The van der Waals surface area contributed by atoms with Crippen LogP contribution in [0.15, 0.2) is 36.6 Å². The first-order chi connectivity index (χ1) is 6.61. The van der Waals surface area contributed by atoms with E-state index in [4.69, 9.17) is 16.7 Å². The highest BCUT2D eigenvalue weighted by atomic mass is 35.5. The fourth-order valence-electron chi connectivity index (χ4n) is 0.571. The number of hydrogen-bond acceptors (Lipinski definition) is 3. The Morgan fingerprint density at radius 3 is 2.36 bits per heavy atom. The van der Waals surface area contributed by atoms with E-state index in [-0.39, 0.29) is 0 Å². The Labute approximate surface area is 87.3 Å². The summed E-state index contributed by atoms with van der Waals surface area (Å²) in [5, 5.41) is 17.7. The van der Waals surface area contributed by atoms with E-state index in [1.54, 1.807) is 24.3 Å². The van der Waals surface area contributed by atoms with Gasteiger partial charge in [-0.05, 0) is 6.07 Å². The van der Waals surface area contributed by atoms with E-state index in [9.17, 15) is 9.90 Å². The monoisotopic (exact) mass is 213 g/mol. The van der Waals surface area contributed by atoms with Crippen LogP contribution in [0.25, 0.3) is 0 Å². The molecule has 0 radical (unpaired) electrons. The van der Waals surface area contributed by atoms with E-state index in [0.717, 1.165) is 6.29 Å². The van der Waals surface area contributed by atoms with Crippen molar-refractivity contribution < 1.29 is 15.0 Å². The van der Waals surface area contributed by atoms with Crippen LogP contribution in [-0.4, -0.2) is 18.0 Å². The van der Waals surface area contributed by atoms with Crippen LogP contribution in [0.5, 0.6) is 0 Å². The van der Waals surface area contributed by atoms with Crippen molar-refractivity contribution in [3.05, 3.63) is 47.2 Å². The van der Waals surface area contributed by atoms with Crippen LogP contribution in [0.3, 0.4) is 0 Å². The molecule has 0 saturated heterocycles. The first kappa shape index (κ1) is 12.7. The molecule has 0 aliphatic carbocycles. The van der Waals surface area contributed by atoms with Gasteiger partial charge in [0, 0.05) is 5.56 Å². The molecular formula is C10H10ClO3-. The number of aliphatic hydroxyl groups excluding tert-OH is 1. The third-order valence-corrected chi connectivity index (χ3v) is 1.55. The maximum Gasteiger partial charge on any atom is 0.151 e. The Morgan fingerprint density at radius 2 is 2.07 bits per heavy atom. The summed E-state index contributed by atoms with van der Waals surface area (Å²) < 4.78 is 0. The zero-order chi connectivity index (χ0) is 11.0. The zero-order valence-corrected chi connectivity index (χ0v) is 8.20. The Morgan fingerprint density at radius 1 is 1.57 bits per heavy atom. The maximum atomic E-state index is 10.1. The van der Waals surface area contributed by atoms with Gasteiger partial charge in [-0.3, -0.25) is 4.79 Å². The molecule has 1 aromatic rings. The molecule has 0 bridgehead atoms. The van der Waals surface area contributed by atoms with Crippen molar-refractivity contribution in [3.63, 3.8) is 0 Å². The molecule has 1 rings (SSSR count). The van der Waals surface area contributed by atoms with Crippen LogP contribution in [0, 0.1) is 0 Å². The van der Waals surface area contributed by atoms with Crippen LogP contribution < -0.4 is 5.11 Å². The van der Waals surface area contributed by atoms with Gasteiger partial charge in [-0.2, -0.15) is 0 Å². The standard InChI is InChI=1S/C7H5ClO.C3H6O2/c8-7-4-2-1-3-6(7)5-9;1-3(5)2-4/h1-5H;4-5H,1-2H2/p-1. The molecule has 0 amide bonds. The van der Waals surface area contributed by atoms with Gasteiger partial charge in [0.2, 0.25) is 0 Å². The van der Waals surface area contributed by atoms with Gasteiger partial charge in [0.25, 0.3) is 0 Å². The molecule has 0 atom stereocenters. The van der Waals surface area contributed by atoms with Crippen LogP contribution in [0.2, 0.25) is 5.02 Å². The molecule has 4 heteroatoms. The van der Waals surface area contributed by atoms with Gasteiger partial charge in [0.05, 0.1) is 11.6 Å². The van der Waals surface area contributed by atoms with Crippen LogP contribution >= 0.6 is 11.6 Å². The highest BCUT2D eigenvalue weighted by molar-refractivity contribution is 6.32. The predicted molar refractivity (Wildman–Crippen MR) is 53.1 cm³/mol. The minimum atomic E-state index is -0.444. The number of aldehydes is 1. The Bertz CT molecular complexity index is 310. The molecule has 1 aromatic carbocycles. The van der Waals surface area contributed by atoms with E-state index in [1.165, 1.54) is 0 Å². The van der Waals surface area contributed by atoms with Gasteiger partial charge in [-0.25, -0.2) is 0 Å². The molecule has 0 unspecified atom stereocenters. The number of halogens is 1. The number of benzene rings is 1. The van der Waals surface area contributed by atoms with Gasteiger partial charge >= 0.3 is 0 Å². The molecule has 0 fully saturated rings. The van der Waals surface area contributed by atoms with Crippen molar-refractivity contribution in [2.75, 3.05) is 6.61 Å². The normalized spacial score (nSPS) is 8.43. The lowest BCUT2D eigenvalue weighted by molar-refractivity contribution is -0.309. The van der Waals surface area contributed by atoms with Crippen molar-refractivity contribution in [3.8, 4) is 0 Å². The SMILES string of the molecule is C=C([O-])CO.O=Cc1ccccc1Cl. The molecule has 0 saturated carbocycles. The third kappa shape index (κ3) is 5.35. The summed E-state index contributed by atoms with van der Waals surface area (Å²) in [5.74, 6) is -0.440. The van der Waals surface area contributed by atoms with Crippen LogP contribution in [-0.2, 0) is 0 Å². The molecule has 76 valence electrons. The molecule has 0 spiro atoms. The van der Waals surface area contributed by atoms with E-state index >= 15 is 0 Å². The first-order valence-electron chi connectivity index (χ1n) is 3.77. The highest BCUT2D eigenvalue weighted by Gasteiger charge is 1.92. The van der Waals surface area contributed by atoms with E-state index in [1.807, 2.05) is 0 Å². The Kier molecular flexibility index (Phi) is 6.45. The van der Waals surface area contributed by atoms with Gasteiger partial charge in [-0.1, -0.05) is 29.8 Å². The molecule has 14 heavy (non-hydrogen) atoms. The van der Waals surface area contributed by atoms with Gasteiger partial charge in [0.15, 0.2) is 6.29 Å². The molecule has 3 nitrogen and oxygen atoms in total. The van der Waals surface area contributed by atoms with E-state index in [0.29, 0.717) is 10.6 Å². The lowest BCUT2D eigenvalue weighted by Gasteiger charge is -1.99. The summed E-state index contributed by atoms with van der Waals surface area (Å²) in [5.41, 5.74) is 0.541. The first-order valence-corrected chi connectivity index (χ1v) is 4.15. The van der Waals surface area contributed by atoms with E-state index < -0.39 is 12.4 Å². The number of aliphatic hydroxyl groups is 1.